The van der Waals surface area contributed by atoms with Crippen LogP contribution in [0.3, 0.4) is 0 Å². The second-order valence-electron chi connectivity index (χ2n) is 8.48. The summed E-state index contributed by atoms with van der Waals surface area (Å²) in [5.74, 6) is 0.856. The number of primary amides is 1. The van der Waals surface area contributed by atoms with Gasteiger partial charge in [-0.25, -0.2) is 0 Å². The van der Waals surface area contributed by atoms with Crippen molar-refractivity contribution < 1.29 is 24.1 Å². The zero-order chi connectivity index (χ0) is 25.5. The highest BCUT2D eigenvalue weighted by molar-refractivity contribution is 7.98. The summed E-state index contributed by atoms with van der Waals surface area (Å²) in [6.45, 7) is 1.91. The van der Waals surface area contributed by atoms with E-state index < -0.39 is 12.3 Å². The fourth-order valence-corrected chi connectivity index (χ4v) is 4.96. The summed E-state index contributed by atoms with van der Waals surface area (Å²) < 4.78 is 17.4. The number of ether oxygens (including phenoxy) is 3. The molecule has 190 valence electrons. The Morgan fingerprint density at radius 2 is 1.83 bits per heavy atom. The van der Waals surface area contributed by atoms with Crippen molar-refractivity contribution in [3.8, 4) is 22.6 Å². The van der Waals surface area contributed by atoms with Gasteiger partial charge >= 0.3 is 0 Å². The number of aliphatic hydroxyl groups excluding tert-OH is 1. The maximum absolute atomic E-state index is 12.6. The first-order valence-electron chi connectivity index (χ1n) is 11.6. The monoisotopic (exact) mass is 502 g/mol. The maximum Gasteiger partial charge on any atom is 0.214 e. The third kappa shape index (κ3) is 6.28. The molecule has 0 radical (unpaired) electrons. The molecule has 1 heterocycles. The van der Waals surface area contributed by atoms with E-state index in [0.29, 0.717) is 24.5 Å². The Morgan fingerprint density at radius 3 is 2.46 bits per heavy atom. The van der Waals surface area contributed by atoms with Crippen LogP contribution in [0.4, 0.5) is 5.69 Å². The van der Waals surface area contributed by atoms with Crippen LogP contribution >= 0.6 is 11.8 Å². The standard InChI is InChI=1S/C24H29NO5S.C2H5NO/c1-28-22-17(25-24-18(26)8-5-11-30-24)12-15-7-4-6-14-13-19(27)20(31-3)10-9-16(14)21(15)23(22)29-2;1-2(3)4/h9-10,12-13,18,24-26H,4-8,11H2,1-3H3;1H3,(H2,3,4). The zero-order valence-corrected chi connectivity index (χ0v) is 21.5. The van der Waals surface area contributed by atoms with Crippen molar-refractivity contribution >= 4 is 23.4 Å². The number of anilines is 1. The smallest absolute Gasteiger partial charge is 0.214 e. The number of fused-ring (bicyclic) bond motifs is 3. The molecule has 2 unspecified atom stereocenters. The molecule has 1 fully saturated rings. The largest absolute Gasteiger partial charge is 0.492 e. The summed E-state index contributed by atoms with van der Waals surface area (Å²) in [6.07, 6.45) is 4.98. The summed E-state index contributed by atoms with van der Waals surface area (Å²) in [5.41, 5.74) is 9.36. The molecule has 0 saturated carbocycles. The third-order valence-electron chi connectivity index (χ3n) is 5.99. The first-order valence-corrected chi connectivity index (χ1v) is 12.8. The number of carbonyl (C=O) groups is 1. The Labute approximate surface area is 210 Å². The van der Waals surface area contributed by atoms with Gasteiger partial charge < -0.3 is 30.4 Å². The summed E-state index contributed by atoms with van der Waals surface area (Å²) in [4.78, 5) is 22.6. The number of nitrogens with one attached hydrogen (secondary N) is 1. The van der Waals surface area contributed by atoms with Gasteiger partial charge in [-0.15, -0.1) is 11.8 Å². The molecular weight excluding hydrogens is 468 g/mol. The van der Waals surface area contributed by atoms with Crippen LogP contribution in [-0.2, 0) is 22.4 Å². The quantitative estimate of drug-likeness (QED) is 0.533. The van der Waals surface area contributed by atoms with E-state index in [0.717, 1.165) is 58.5 Å². The first kappa shape index (κ1) is 26.8. The van der Waals surface area contributed by atoms with E-state index in [2.05, 4.69) is 17.1 Å². The molecule has 1 aliphatic heterocycles. The van der Waals surface area contributed by atoms with Crippen molar-refractivity contribution in [3.05, 3.63) is 45.6 Å². The van der Waals surface area contributed by atoms with E-state index >= 15 is 0 Å². The van der Waals surface area contributed by atoms with Gasteiger partial charge in [0.15, 0.2) is 23.2 Å². The van der Waals surface area contributed by atoms with Gasteiger partial charge in [-0.1, -0.05) is 6.07 Å². The number of carbonyl (C=O) groups excluding carboxylic acids is 1. The minimum atomic E-state index is -0.580. The molecule has 1 aliphatic carbocycles. The third-order valence-corrected chi connectivity index (χ3v) is 6.77. The number of amides is 1. The predicted octanol–water partition coefficient (Wildman–Crippen LogP) is 3.34. The number of benzene rings is 1. The number of aryl methyl sites for hydroxylation is 2. The van der Waals surface area contributed by atoms with Crippen molar-refractivity contribution in [1.29, 1.82) is 0 Å². The van der Waals surface area contributed by atoms with Crippen molar-refractivity contribution in [2.75, 3.05) is 32.4 Å². The number of methoxy groups -OCH3 is 2. The molecule has 1 amide bonds. The lowest BCUT2D eigenvalue weighted by Crippen LogP contribution is -2.40. The molecule has 9 heteroatoms. The lowest BCUT2D eigenvalue weighted by atomic mass is 9.95. The number of hydrogen-bond acceptors (Lipinski definition) is 8. The van der Waals surface area contributed by atoms with Crippen LogP contribution in [0, 0.1) is 0 Å². The van der Waals surface area contributed by atoms with Crippen LogP contribution in [0.25, 0.3) is 11.1 Å². The topological polar surface area (TPSA) is 120 Å². The molecule has 35 heavy (non-hydrogen) atoms. The molecular formula is C26H34N2O6S. The van der Waals surface area contributed by atoms with Crippen LogP contribution in [0.2, 0.25) is 0 Å². The lowest BCUT2D eigenvalue weighted by molar-refractivity contribution is -0.115. The molecule has 0 spiro atoms. The second-order valence-corrected chi connectivity index (χ2v) is 9.33. The minimum Gasteiger partial charge on any atom is -0.492 e. The highest BCUT2D eigenvalue weighted by atomic mass is 32.2. The Hall–Kier alpha value is -2.75. The lowest BCUT2D eigenvalue weighted by Gasteiger charge is -2.30. The van der Waals surface area contributed by atoms with Crippen LogP contribution in [0.1, 0.15) is 37.3 Å². The Kier molecular flexibility index (Phi) is 9.42. The number of thioether (sulfide) groups is 1. The number of rotatable bonds is 5. The first-order chi connectivity index (χ1) is 16.8. The molecule has 2 aromatic rings. The highest BCUT2D eigenvalue weighted by Crippen LogP contribution is 2.48. The van der Waals surface area contributed by atoms with Gasteiger partial charge in [-0.2, -0.15) is 0 Å². The van der Waals surface area contributed by atoms with E-state index in [-0.39, 0.29) is 11.3 Å². The van der Waals surface area contributed by atoms with Crippen molar-refractivity contribution in [1.82, 2.24) is 0 Å². The van der Waals surface area contributed by atoms with Gasteiger partial charge in [-0.05, 0) is 73.2 Å². The fraction of sp³-hybridized carbons (Fsp3) is 0.462. The van der Waals surface area contributed by atoms with Crippen molar-refractivity contribution in [3.63, 3.8) is 0 Å². The average Bonchev–Trinajstić information content (AvgIpc) is 3.08. The highest BCUT2D eigenvalue weighted by Gasteiger charge is 2.29. The van der Waals surface area contributed by atoms with Crippen LogP contribution < -0.4 is 26.0 Å². The van der Waals surface area contributed by atoms with E-state index in [4.69, 9.17) is 14.2 Å². The minimum absolute atomic E-state index is 0.0462. The SMILES string of the molecule is CC(N)=O.COc1c(NC2OCCCC2O)cc2c(c1OC)-c1ccc(SC)c(=O)cc1CCC2. The summed E-state index contributed by atoms with van der Waals surface area (Å²) in [6, 6.07) is 7.75. The fourth-order valence-electron chi connectivity index (χ4n) is 4.49. The molecule has 8 nitrogen and oxygen atoms in total. The number of hydrogen-bond donors (Lipinski definition) is 3. The van der Waals surface area contributed by atoms with E-state index in [9.17, 15) is 14.7 Å². The molecule has 2 atom stereocenters. The van der Waals surface area contributed by atoms with E-state index in [1.807, 2.05) is 18.4 Å². The van der Waals surface area contributed by atoms with Crippen LogP contribution in [0.5, 0.6) is 11.5 Å². The summed E-state index contributed by atoms with van der Waals surface area (Å²) in [5, 5.41) is 13.7. The average molecular weight is 503 g/mol. The Bertz CT molecular complexity index is 1120. The Balaban J connectivity index is 0.000000795. The molecule has 4 rings (SSSR count). The summed E-state index contributed by atoms with van der Waals surface area (Å²) in [7, 11) is 3.24. The van der Waals surface area contributed by atoms with Crippen LogP contribution in [0.15, 0.2) is 34.0 Å². The summed E-state index contributed by atoms with van der Waals surface area (Å²) >= 11 is 1.46. The normalized spacial score (nSPS) is 18.7. The van der Waals surface area contributed by atoms with Crippen molar-refractivity contribution in [2.24, 2.45) is 5.73 Å². The van der Waals surface area contributed by atoms with E-state index in [1.54, 1.807) is 20.3 Å². The number of nitrogens with two attached hydrogens (primary N) is 1. The molecule has 4 N–H and O–H groups in total. The Morgan fingerprint density at radius 1 is 1.14 bits per heavy atom. The van der Waals surface area contributed by atoms with Gasteiger partial charge in [0.25, 0.3) is 0 Å². The predicted molar refractivity (Wildman–Crippen MR) is 139 cm³/mol. The van der Waals surface area contributed by atoms with Crippen LogP contribution in [-0.4, -0.2) is 50.4 Å². The van der Waals surface area contributed by atoms with E-state index in [1.165, 1.54) is 18.7 Å². The maximum atomic E-state index is 12.6. The molecule has 1 saturated heterocycles. The van der Waals surface area contributed by atoms with Crippen molar-refractivity contribution in [2.45, 2.75) is 56.3 Å². The van der Waals surface area contributed by atoms with Gasteiger partial charge in [0, 0.05) is 19.1 Å². The second kappa shape index (κ2) is 12.3. The molecule has 0 aromatic heterocycles. The van der Waals surface area contributed by atoms with Gasteiger partial charge in [0.2, 0.25) is 5.91 Å². The molecule has 2 aromatic carbocycles. The molecule has 0 bridgehead atoms. The molecule has 2 aliphatic rings. The van der Waals surface area contributed by atoms with Gasteiger partial charge in [-0.3, -0.25) is 9.59 Å². The zero-order valence-electron chi connectivity index (χ0n) is 20.7. The van der Waals surface area contributed by atoms with Gasteiger partial charge in [0.1, 0.15) is 0 Å². The van der Waals surface area contributed by atoms with Gasteiger partial charge in [0.05, 0.1) is 30.9 Å². The number of aliphatic hydroxyl groups is 1.